The molecule has 3 aromatic carbocycles. The number of halogens is 8. The van der Waals surface area contributed by atoms with Crippen molar-refractivity contribution >= 4 is 81.6 Å². The summed E-state index contributed by atoms with van der Waals surface area (Å²) >= 11 is 31.5. The number of nitrogens with one attached hydrogen (secondary N) is 2. The summed E-state index contributed by atoms with van der Waals surface area (Å²) in [5.41, 5.74) is 0.114. The lowest BCUT2D eigenvalue weighted by atomic mass is 10.00. The van der Waals surface area contributed by atoms with E-state index in [0.717, 1.165) is 12.1 Å². The summed E-state index contributed by atoms with van der Waals surface area (Å²) in [5, 5.41) is 6.48. The van der Waals surface area contributed by atoms with Gasteiger partial charge in [-0.1, -0.05) is 58.0 Å². The standard InChI is InChI=1S/C25H16Cl5F3N2O3/c26-14-7-13(8-15(27)9-14)21-23(12-36,24(21,29)30)11-34-17-3-6-20(28)19(10-17)22(37)35-16-1-4-18(5-2-16)38-25(31,32)33/h1-10,12,21,34H,11H2,(H,35,37). The first-order valence-electron chi connectivity index (χ1n) is 10.8. The van der Waals surface area contributed by atoms with E-state index < -0.39 is 33.7 Å². The van der Waals surface area contributed by atoms with E-state index >= 15 is 0 Å². The first kappa shape index (κ1) is 28.6. The average molecular weight is 627 g/mol. The Labute approximate surface area is 240 Å². The molecule has 3 aromatic rings. The Morgan fingerprint density at radius 3 is 2.13 bits per heavy atom. The molecule has 5 nitrogen and oxygen atoms in total. The molecule has 1 aliphatic carbocycles. The van der Waals surface area contributed by atoms with E-state index in [1.807, 2.05) is 0 Å². The van der Waals surface area contributed by atoms with Crippen molar-refractivity contribution in [3.05, 3.63) is 86.9 Å². The van der Waals surface area contributed by atoms with Gasteiger partial charge in [0, 0.05) is 33.9 Å². The quantitative estimate of drug-likeness (QED) is 0.195. The van der Waals surface area contributed by atoms with E-state index in [1.165, 1.54) is 24.3 Å². The fraction of sp³-hybridized carbons (Fsp3) is 0.200. The van der Waals surface area contributed by atoms with E-state index in [2.05, 4.69) is 15.4 Å². The highest BCUT2D eigenvalue weighted by molar-refractivity contribution is 6.54. The molecule has 0 radical (unpaired) electrons. The summed E-state index contributed by atoms with van der Waals surface area (Å²) in [4.78, 5) is 25.0. The van der Waals surface area contributed by atoms with Gasteiger partial charge in [-0.05, 0) is 66.2 Å². The fourth-order valence-electron chi connectivity index (χ4n) is 4.13. The molecule has 0 heterocycles. The van der Waals surface area contributed by atoms with Crippen molar-refractivity contribution in [2.24, 2.45) is 5.41 Å². The molecule has 2 atom stereocenters. The third kappa shape index (κ3) is 5.95. The first-order chi connectivity index (χ1) is 17.8. The molecule has 200 valence electrons. The summed E-state index contributed by atoms with van der Waals surface area (Å²) in [6, 6.07) is 14.0. The van der Waals surface area contributed by atoms with Gasteiger partial charge in [-0.15, -0.1) is 13.2 Å². The molecular weight excluding hydrogens is 611 g/mol. The van der Waals surface area contributed by atoms with E-state index in [9.17, 15) is 22.8 Å². The number of carbonyl (C=O) groups excluding carboxylic acids is 2. The lowest BCUT2D eigenvalue weighted by Gasteiger charge is -2.15. The minimum atomic E-state index is -4.83. The van der Waals surface area contributed by atoms with E-state index in [1.54, 1.807) is 24.3 Å². The van der Waals surface area contributed by atoms with Crippen molar-refractivity contribution in [2.45, 2.75) is 16.6 Å². The number of aldehydes is 1. The SMILES string of the molecule is O=CC1(CNc2ccc(Cl)c(C(=O)Nc3ccc(OC(F)(F)F)cc3)c2)C(c2cc(Cl)cc(Cl)c2)C1(Cl)Cl. The van der Waals surface area contributed by atoms with Crippen molar-refractivity contribution < 1.29 is 27.5 Å². The van der Waals surface area contributed by atoms with Gasteiger partial charge in [0.2, 0.25) is 0 Å². The Bertz CT molecular complexity index is 1370. The predicted octanol–water partition coefficient (Wildman–Crippen LogP) is 8.37. The summed E-state index contributed by atoms with van der Waals surface area (Å²) in [6.45, 7) is 0.0155. The third-order valence-electron chi connectivity index (χ3n) is 5.99. The van der Waals surface area contributed by atoms with Gasteiger partial charge < -0.3 is 20.2 Å². The Morgan fingerprint density at radius 2 is 1.55 bits per heavy atom. The highest BCUT2D eigenvalue weighted by atomic mass is 35.5. The van der Waals surface area contributed by atoms with Crippen molar-refractivity contribution in [3.63, 3.8) is 0 Å². The minimum absolute atomic E-state index is 0.0155. The van der Waals surface area contributed by atoms with Gasteiger partial charge in [0.05, 0.1) is 16.0 Å². The zero-order chi connectivity index (χ0) is 27.9. The molecule has 4 rings (SSSR count). The van der Waals surface area contributed by atoms with Crippen LogP contribution in [-0.2, 0) is 4.79 Å². The Kier molecular flexibility index (Phi) is 8.04. The zero-order valence-electron chi connectivity index (χ0n) is 18.9. The van der Waals surface area contributed by atoms with Gasteiger partial charge in [0.25, 0.3) is 5.91 Å². The van der Waals surface area contributed by atoms with Gasteiger partial charge in [0.15, 0.2) is 0 Å². The zero-order valence-corrected chi connectivity index (χ0v) is 22.7. The Morgan fingerprint density at radius 1 is 0.947 bits per heavy atom. The fourth-order valence-corrected chi connectivity index (χ4v) is 5.85. The van der Waals surface area contributed by atoms with Gasteiger partial charge >= 0.3 is 6.36 Å². The second-order valence-corrected chi connectivity index (χ2v) is 11.2. The minimum Gasteiger partial charge on any atom is -0.406 e. The molecule has 0 aliphatic heterocycles. The van der Waals surface area contributed by atoms with Crippen LogP contribution >= 0.6 is 58.0 Å². The monoisotopic (exact) mass is 624 g/mol. The van der Waals surface area contributed by atoms with Crippen LogP contribution in [0.2, 0.25) is 15.1 Å². The topological polar surface area (TPSA) is 67.4 Å². The summed E-state index contributed by atoms with van der Waals surface area (Å²) in [7, 11) is 0. The van der Waals surface area contributed by atoms with Crippen molar-refractivity contribution in [1.29, 1.82) is 0 Å². The number of anilines is 2. The van der Waals surface area contributed by atoms with Gasteiger partial charge in [-0.25, -0.2) is 0 Å². The normalized spacial score (nSPS) is 19.9. The summed E-state index contributed by atoms with van der Waals surface area (Å²) < 4.78 is 39.4. The second kappa shape index (κ2) is 10.7. The van der Waals surface area contributed by atoms with Crippen molar-refractivity contribution in [3.8, 4) is 5.75 Å². The van der Waals surface area contributed by atoms with Crippen LogP contribution in [0.5, 0.6) is 5.75 Å². The maximum atomic E-state index is 12.8. The van der Waals surface area contributed by atoms with Crippen molar-refractivity contribution in [1.82, 2.24) is 0 Å². The van der Waals surface area contributed by atoms with Crippen LogP contribution in [0.25, 0.3) is 0 Å². The van der Waals surface area contributed by atoms with Gasteiger partial charge in [-0.2, -0.15) is 0 Å². The van der Waals surface area contributed by atoms with E-state index in [4.69, 9.17) is 58.0 Å². The van der Waals surface area contributed by atoms with Gasteiger partial charge in [0.1, 0.15) is 16.4 Å². The number of benzene rings is 3. The molecule has 38 heavy (non-hydrogen) atoms. The molecular formula is C25H16Cl5F3N2O3. The Balaban J connectivity index is 1.48. The van der Waals surface area contributed by atoms with Crippen LogP contribution in [0.3, 0.4) is 0 Å². The van der Waals surface area contributed by atoms with Gasteiger partial charge in [-0.3, -0.25) is 4.79 Å². The lowest BCUT2D eigenvalue weighted by Crippen LogP contribution is -2.23. The number of ether oxygens (including phenoxy) is 1. The molecule has 0 spiro atoms. The van der Waals surface area contributed by atoms with Crippen LogP contribution in [-0.4, -0.2) is 29.4 Å². The average Bonchev–Trinajstić information content (AvgIpc) is 3.32. The van der Waals surface area contributed by atoms with E-state index in [0.29, 0.717) is 27.6 Å². The number of carbonyl (C=O) groups is 2. The van der Waals surface area contributed by atoms with Crippen molar-refractivity contribution in [2.75, 3.05) is 17.2 Å². The molecule has 0 saturated heterocycles. The van der Waals surface area contributed by atoms with E-state index in [-0.39, 0.29) is 22.8 Å². The van der Waals surface area contributed by atoms with Crippen LogP contribution in [0.4, 0.5) is 24.5 Å². The molecule has 0 aromatic heterocycles. The largest absolute Gasteiger partial charge is 0.573 e. The van der Waals surface area contributed by atoms with Crippen LogP contribution in [0.1, 0.15) is 21.8 Å². The second-order valence-electron chi connectivity index (χ2n) is 8.49. The van der Waals surface area contributed by atoms with Crippen LogP contribution < -0.4 is 15.4 Å². The van der Waals surface area contributed by atoms with Crippen LogP contribution in [0, 0.1) is 5.41 Å². The lowest BCUT2D eigenvalue weighted by molar-refractivity contribution is -0.274. The molecule has 1 fully saturated rings. The number of alkyl halides is 5. The molecule has 2 unspecified atom stereocenters. The molecule has 13 heteroatoms. The number of amides is 1. The number of rotatable bonds is 8. The van der Waals surface area contributed by atoms with Crippen LogP contribution in [0.15, 0.2) is 60.7 Å². The maximum absolute atomic E-state index is 12.8. The molecule has 2 N–H and O–H groups in total. The molecule has 0 bridgehead atoms. The highest BCUT2D eigenvalue weighted by Gasteiger charge is 2.76. The smallest absolute Gasteiger partial charge is 0.406 e. The maximum Gasteiger partial charge on any atom is 0.573 e. The molecule has 1 saturated carbocycles. The number of hydrogen-bond acceptors (Lipinski definition) is 4. The third-order valence-corrected chi connectivity index (χ3v) is 7.89. The number of hydrogen-bond donors (Lipinski definition) is 2. The first-order valence-corrected chi connectivity index (χ1v) is 12.7. The summed E-state index contributed by atoms with van der Waals surface area (Å²) in [5.74, 6) is -1.65. The summed E-state index contributed by atoms with van der Waals surface area (Å²) in [6.07, 6.45) is -4.16. The Hall–Kier alpha value is -2.36. The highest BCUT2D eigenvalue weighted by Crippen LogP contribution is 2.73. The molecule has 1 aliphatic rings. The predicted molar refractivity (Wildman–Crippen MR) is 143 cm³/mol. The molecule has 1 amide bonds.